The molecular formula is C38H51N9O6S. The van der Waals surface area contributed by atoms with E-state index >= 15 is 0 Å². The number of primary amides is 1. The number of amides is 5. The van der Waals surface area contributed by atoms with Crippen molar-refractivity contribution in [2.75, 3.05) is 18.6 Å². The maximum absolute atomic E-state index is 13.9. The Morgan fingerprint density at radius 2 is 1.09 bits per heavy atom. The zero-order valence-electron chi connectivity index (χ0n) is 30.3. The number of thioether (sulfide) groups is 1. The minimum Gasteiger partial charge on any atom is -0.508 e. The normalized spacial score (nSPS) is 13.6. The van der Waals surface area contributed by atoms with Crippen LogP contribution in [0, 0.1) is 0 Å². The maximum Gasteiger partial charge on any atom is 0.243 e. The van der Waals surface area contributed by atoms with Crippen LogP contribution in [0.5, 0.6) is 5.75 Å². The molecule has 0 heterocycles. The smallest absolute Gasteiger partial charge is 0.243 e. The summed E-state index contributed by atoms with van der Waals surface area (Å²) in [6.07, 6.45) is 2.84. The third kappa shape index (κ3) is 15.2. The number of carbonyl (C=O) groups is 5. The first-order valence-corrected chi connectivity index (χ1v) is 18.9. The van der Waals surface area contributed by atoms with E-state index in [-0.39, 0.29) is 50.4 Å². The van der Waals surface area contributed by atoms with Crippen LogP contribution >= 0.6 is 11.8 Å². The quantitative estimate of drug-likeness (QED) is 0.0375. The fourth-order valence-electron chi connectivity index (χ4n) is 5.48. The van der Waals surface area contributed by atoms with Crippen LogP contribution in [-0.4, -0.2) is 89.4 Å². The lowest BCUT2D eigenvalue weighted by molar-refractivity contribution is -0.134. The minimum atomic E-state index is -1.14. The molecule has 0 bridgehead atoms. The lowest BCUT2D eigenvalue weighted by Crippen LogP contribution is -2.59. The molecule has 0 radical (unpaired) electrons. The van der Waals surface area contributed by atoms with Crippen LogP contribution in [0.2, 0.25) is 0 Å². The predicted octanol–water partition coefficient (Wildman–Crippen LogP) is -0.0214. The molecule has 0 fully saturated rings. The molecule has 15 nitrogen and oxygen atoms in total. The van der Waals surface area contributed by atoms with E-state index in [2.05, 4.69) is 26.3 Å². The average Bonchev–Trinajstić information content (AvgIpc) is 3.15. The third-order valence-electron chi connectivity index (χ3n) is 8.41. The molecule has 290 valence electrons. The summed E-state index contributed by atoms with van der Waals surface area (Å²) in [7, 11) is 0. The van der Waals surface area contributed by atoms with Gasteiger partial charge < -0.3 is 49.3 Å². The number of nitrogens with zero attached hydrogens (tertiary/aromatic N) is 1. The third-order valence-corrected chi connectivity index (χ3v) is 9.05. The second-order valence-electron chi connectivity index (χ2n) is 12.7. The lowest BCUT2D eigenvalue weighted by Gasteiger charge is -2.27. The van der Waals surface area contributed by atoms with Gasteiger partial charge in [-0.15, -0.1) is 0 Å². The zero-order valence-corrected chi connectivity index (χ0v) is 31.1. The van der Waals surface area contributed by atoms with Gasteiger partial charge in [-0.05, 0) is 66.5 Å². The highest BCUT2D eigenvalue weighted by molar-refractivity contribution is 7.98. The van der Waals surface area contributed by atoms with E-state index in [1.165, 1.54) is 23.9 Å². The van der Waals surface area contributed by atoms with Gasteiger partial charge in [-0.2, -0.15) is 11.8 Å². The van der Waals surface area contributed by atoms with Crippen LogP contribution in [0.4, 0.5) is 0 Å². The molecule has 0 saturated heterocycles. The molecule has 0 aliphatic carbocycles. The van der Waals surface area contributed by atoms with Gasteiger partial charge in [0.1, 0.15) is 29.9 Å². The SMILES string of the molecule is CSCC[C@H](NC(=O)[C@H](Cc1ccccc1)NC(=O)[C@@H](N)Cc1ccc(O)cc1)C(=O)N[C@@H](CCCN=C(N)N)C(=O)N[C@@H](Cc1ccccc1)C(N)=O. The number of benzene rings is 3. The Bertz CT molecular complexity index is 1690. The first-order chi connectivity index (χ1) is 25.9. The number of rotatable bonds is 22. The van der Waals surface area contributed by atoms with Crippen molar-refractivity contribution in [2.45, 2.75) is 68.7 Å². The van der Waals surface area contributed by atoms with Crippen molar-refractivity contribution >= 4 is 47.3 Å². The van der Waals surface area contributed by atoms with E-state index in [9.17, 15) is 29.1 Å². The molecule has 3 aromatic rings. The number of phenols is 1. The lowest BCUT2D eigenvalue weighted by atomic mass is 10.0. The van der Waals surface area contributed by atoms with Crippen molar-refractivity contribution in [2.24, 2.45) is 27.9 Å². The number of carbonyl (C=O) groups excluding carboxylic acids is 5. The van der Waals surface area contributed by atoms with Crippen LogP contribution in [0.1, 0.15) is 36.0 Å². The van der Waals surface area contributed by atoms with Crippen LogP contribution < -0.4 is 44.2 Å². The van der Waals surface area contributed by atoms with Crippen molar-refractivity contribution in [1.29, 1.82) is 0 Å². The number of hydrogen-bond acceptors (Lipinski definition) is 9. The van der Waals surface area contributed by atoms with Gasteiger partial charge in [0, 0.05) is 19.4 Å². The molecule has 5 amide bonds. The number of aliphatic imine (C=N–C) groups is 1. The Labute approximate surface area is 319 Å². The van der Waals surface area contributed by atoms with Crippen molar-refractivity contribution in [1.82, 2.24) is 21.3 Å². The van der Waals surface area contributed by atoms with Crippen molar-refractivity contribution < 1.29 is 29.1 Å². The highest BCUT2D eigenvalue weighted by atomic mass is 32.2. The zero-order chi connectivity index (χ0) is 39.5. The van der Waals surface area contributed by atoms with E-state index in [1.807, 2.05) is 30.5 Å². The van der Waals surface area contributed by atoms with Crippen LogP contribution in [0.15, 0.2) is 89.9 Å². The van der Waals surface area contributed by atoms with Gasteiger partial charge in [0.2, 0.25) is 29.5 Å². The molecule has 54 heavy (non-hydrogen) atoms. The van der Waals surface area contributed by atoms with Crippen molar-refractivity contribution in [3.8, 4) is 5.75 Å². The highest BCUT2D eigenvalue weighted by Crippen LogP contribution is 2.12. The largest absolute Gasteiger partial charge is 0.508 e. The molecule has 0 aliphatic heterocycles. The number of aromatic hydroxyl groups is 1. The molecule has 0 aliphatic rings. The van der Waals surface area contributed by atoms with Crippen molar-refractivity contribution in [3.05, 3.63) is 102 Å². The number of nitrogens with two attached hydrogens (primary N) is 4. The van der Waals surface area contributed by atoms with Gasteiger partial charge in [0.25, 0.3) is 0 Å². The number of nitrogens with one attached hydrogen (secondary N) is 4. The minimum absolute atomic E-state index is 0.0761. The second-order valence-corrected chi connectivity index (χ2v) is 13.7. The maximum atomic E-state index is 13.9. The van der Waals surface area contributed by atoms with Gasteiger partial charge in [-0.3, -0.25) is 29.0 Å². The number of phenolic OH excluding ortho intramolecular Hbond substituents is 1. The standard InChI is InChI=1S/C38H51N9O6S/c1-54-20-18-30(36(52)44-29(13-8-19-43-38(41)42)35(51)46-31(33(40)49)22-24-9-4-2-5-10-24)45-37(53)32(23-25-11-6-3-7-12-25)47-34(50)28(39)21-26-14-16-27(48)17-15-26/h2-7,9-12,14-17,28-32,48H,8,13,18-23,39H2,1H3,(H2,40,49)(H,44,52)(H,45,53)(H,46,51)(H,47,50)(H4,41,42,43)/t28-,29-,30-,31-,32-/m0/s1. The van der Waals surface area contributed by atoms with Gasteiger partial charge in [0.05, 0.1) is 6.04 Å². The molecule has 13 N–H and O–H groups in total. The fraction of sp³-hybridized carbons (Fsp3) is 0.368. The molecule has 0 saturated carbocycles. The fourth-order valence-corrected chi connectivity index (χ4v) is 5.95. The van der Waals surface area contributed by atoms with E-state index in [4.69, 9.17) is 22.9 Å². The Hall–Kier alpha value is -5.61. The van der Waals surface area contributed by atoms with Gasteiger partial charge in [-0.1, -0.05) is 72.8 Å². The monoisotopic (exact) mass is 761 g/mol. The van der Waals surface area contributed by atoms with Crippen molar-refractivity contribution in [3.63, 3.8) is 0 Å². The van der Waals surface area contributed by atoms with Crippen LogP contribution in [-0.2, 0) is 43.2 Å². The van der Waals surface area contributed by atoms with E-state index in [0.717, 1.165) is 11.1 Å². The van der Waals surface area contributed by atoms with Crippen LogP contribution in [0.3, 0.4) is 0 Å². The van der Waals surface area contributed by atoms with E-state index in [1.54, 1.807) is 48.5 Å². The number of guanidine groups is 1. The summed E-state index contributed by atoms with van der Waals surface area (Å²) >= 11 is 1.46. The first kappa shape index (κ1) is 42.8. The second kappa shape index (κ2) is 22.5. The summed E-state index contributed by atoms with van der Waals surface area (Å²) in [5.74, 6) is -2.84. The molecule has 3 rings (SSSR count). The van der Waals surface area contributed by atoms with E-state index < -0.39 is 59.7 Å². The molecule has 0 spiro atoms. The molecule has 16 heteroatoms. The molecule has 3 aromatic carbocycles. The average molecular weight is 762 g/mol. The topological polar surface area (TPSA) is 270 Å². The molecule has 0 unspecified atom stereocenters. The summed E-state index contributed by atoms with van der Waals surface area (Å²) in [6, 6.07) is 18.9. The Balaban J connectivity index is 1.80. The Morgan fingerprint density at radius 1 is 0.630 bits per heavy atom. The summed E-state index contributed by atoms with van der Waals surface area (Å²) in [6.45, 7) is 0.174. The first-order valence-electron chi connectivity index (χ1n) is 17.5. The summed E-state index contributed by atoms with van der Waals surface area (Å²) in [5.41, 5.74) is 25.0. The van der Waals surface area contributed by atoms with Gasteiger partial charge >= 0.3 is 0 Å². The number of hydrogen-bond donors (Lipinski definition) is 9. The van der Waals surface area contributed by atoms with Gasteiger partial charge in [0.15, 0.2) is 5.96 Å². The molecule has 0 aromatic heterocycles. The Kier molecular flexibility index (Phi) is 17.8. The predicted molar refractivity (Wildman–Crippen MR) is 210 cm³/mol. The van der Waals surface area contributed by atoms with E-state index in [0.29, 0.717) is 17.7 Å². The summed E-state index contributed by atoms with van der Waals surface area (Å²) < 4.78 is 0. The van der Waals surface area contributed by atoms with Gasteiger partial charge in [-0.25, -0.2) is 0 Å². The highest BCUT2D eigenvalue weighted by Gasteiger charge is 2.31. The summed E-state index contributed by atoms with van der Waals surface area (Å²) in [5, 5.41) is 20.5. The Morgan fingerprint density at radius 3 is 1.61 bits per heavy atom. The molecular weight excluding hydrogens is 711 g/mol. The molecule has 5 atom stereocenters. The summed E-state index contributed by atoms with van der Waals surface area (Å²) in [4.78, 5) is 71.1. The van der Waals surface area contributed by atoms with Crippen LogP contribution in [0.25, 0.3) is 0 Å².